The number of benzene rings is 2. The fourth-order valence-electron chi connectivity index (χ4n) is 4.49. The van der Waals surface area contributed by atoms with Crippen LogP contribution in [0.5, 0.6) is 0 Å². The molecule has 0 saturated carbocycles. The van der Waals surface area contributed by atoms with Gasteiger partial charge in [-0.15, -0.1) is 0 Å². The van der Waals surface area contributed by atoms with Crippen LogP contribution in [0.15, 0.2) is 41.3 Å². The van der Waals surface area contributed by atoms with Crippen LogP contribution < -0.4 is 4.72 Å². The van der Waals surface area contributed by atoms with Gasteiger partial charge in [-0.25, -0.2) is 8.42 Å². The fraction of sp³-hybridized carbons (Fsp3) is 0.500. The van der Waals surface area contributed by atoms with Gasteiger partial charge in [0.25, 0.3) is 0 Å². The Morgan fingerprint density at radius 2 is 1.86 bits per heavy atom. The van der Waals surface area contributed by atoms with Crippen molar-refractivity contribution in [1.82, 2.24) is 19.4 Å². The molecule has 9 nitrogen and oxygen atoms in total. The van der Waals surface area contributed by atoms with E-state index in [2.05, 4.69) is 9.62 Å². The minimum absolute atomic E-state index is 0.0746. The molecule has 35 heavy (non-hydrogen) atoms. The van der Waals surface area contributed by atoms with Crippen molar-refractivity contribution >= 4 is 44.2 Å². The zero-order valence-electron chi connectivity index (χ0n) is 19.9. The Balaban J connectivity index is 1.36. The fourth-order valence-corrected chi connectivity index (χ4v) is 5.93. The van der Waals surface area contributed by atoms with Gasteiger partial charge in [-0.05, 0) is 48.4 Å². The van der Waals surface area contributed by atoms with Gasteiger partial charge in [-0.2, -0.15) is 4.72 Å². The number of ether oxygens (including phenoxy) is 1. The third-order valence-electron chi connectivity index (χ3n) is 6.68. The lowest BCUT2D eigenvalue weighted by molar-refractivity contribution is -0.142. The molecule has 11 heteroatoms. The van der Waals surface area contributed by atoms with Crippen LogP contribution in [0, 0.1) is 0 Å². The number of sulfonamides is 1. The van der Waals surface area contributed by atoms with E-state index in [9.17, 15) is 18.0 Å². The number of carbonyl (C=O) groups is 2. The maximum atomic E-state index is 13.0. The van der Waals surface area contributed by atoms with E-state index >= 15 is 0 Å². The van der Waals surface area contributed by atoms with Gasteiger partial charge in [0.1, 0.15) is 12.1 Å². The number of likely N-dealkylation sites (N-methyl/N-ethyl adjacent to an activating group) is 1. The molecule has 0 aliphatic carbocycles. The van der Waals surface area contributed by atoms with Crippen LogP contribution in [0.2, 0.25) is 5.02 Å². The van der Waals surface area contributed by atoms with Crippen molar-refractivity contribution in [2.45, 2.75) is 30.3 Å². The van der Waals surface area contributed by atoms with Crippen LogP contribution in [-0.4, -0.2) is 100 Å². The van der Waals surface area contributed by atoms with Gasteiger partial charge in [0.15, 0.2) is 0 Å². The molecule has 1 N–H and O–H groups in total. The number of morpholine rings is 1. The van der Waals surface area contributed by atoms with Crippen molar-refractivity contribution in [3.8, 4) is 0 Å². The zero-order chi connectivity index (χ0) is 25.2. The smallest absolute Gasteiger partial charge is 0.244 e. The van der Waals surface area contributed by atoms with Crippen LogP contribution in [0.3, 0.4) is 0 Å². The van der Waals surface area contributed by atoms with E-state index in [0.29, 0.717) is 37.7 Å². The van der Waals surface area contributed by atoms with E-state index in [0.717, 1.165) is 30.4 Å². The van der Waals surface area contributed by atoms with Gasteiger partial charge in [-0.1, -0.05) is 23.7 Å². The van der Waals surface area contributed by atoms with Crippen molar-refractivity contribution in [2.75, 3.05) is 53.0 Å². The van der Waals surface area contributed by atoms with Gasteiger partial charge in [0.2, 0.25) is 21.8 Å². The summed E-state index contributed by atoms with van der Waals surface area (Å²) in [5, 5.41) is 2.12. The molecule has 0 bridgehead atoms. The second-order valence-corrected chi connectivity index (χ2v) is 11.2. The molecule has 2 saturated heterocycles. The largest absolute Gasteiger partial charge is 0.379 e. The maximum Gasteiger partial charge on any atom is 0.244 e. The van der Waals surface area contributed by atoms with Gasteiger partial charge in [0, 0.05) is 44.8 Å². The second-order valence-electron chi connectivity index (χ2n) is 9.04. The predicted octanol–water partition coefficient (Wildman–Crippen LogP) is 1.55. The van der Waals surface area contributed by atoms with Crippen molar-refractivity contribution in [2.24, 2.45) is 0 Å². The number of likely N-dealkylation sites (tertiary alicyclic amines) is 1. The summed E-state index contributed by atoms with van der Waals surface area (Å²) < 4.78 is 33.9. The van der Waals surface area contributed by atoms with E-state index in [1.165, 1.54) is 11.0 Å². The molecule has 0 radical (unpaired) electrons. The van der Waals surface area contributed by atoms with Gasteiger partial charge < -0.3 is 14.5 Å². The Kier molecular flexibility index (Phi) is 7.97. The number of nitrogens with zero attached hydrogens (tertiary/aromatic N) is 3. The molecular weight excluding hydrogens is 492 g/mol. The molecule has 2 aromatic carbocycles. The van der Waals surface area contributed by atoms with Crippen molar-refractivity contribution in [3.05, 3.63) is 41.4 Å². The average Bonchev–Trinajstić information content (AvgIpc) is 3.20. The highest BCUT2D eigenvalue weighted by molar-refractivity contribution is 7.89. The molecule has 2 heterocycles. The van der Waals surface area contributed by atoms with E-state index in [1.807, 2.05) is 0 Å². The summed E-state index contributed by atoms with van der Waals surface area (Å²) >= 11 is 6.01. The highest BCUT2D eigenvalue weighted by atomic mass is 35.5. The first-order valence-corrected chi connectivity index (χ1v) is 13.6. The first-order chi connectivity index (χ1) is 16.7. The van der Waals surface area contributed by atoms with E-state index < -0.39 is 22.1 Å². The Labute approximate surface area is 211 Å². The lowest BCUT2D eigenvalue weighted by Gasteiger charge is -2.31. The molecule has 2 amide bonds. The summed E-state index contributed by atoms with van der Waals surface area (Å²) in [6.45, 7) is 6.37. The summed E-state index contributed by atoms with van der Waals surface area (Å²) in [7, 11) is -2.20. The molecule has 2 aromatic rings. The number of halogens is 1. The minimum atomic E-state index is -3.93. The number of amides is 2. The normalized spacial score (nSPS) is 20.4. The van der Waals surface area contributed by atoms with Crippen LogP contribution >= 0.6 is 11.6 Å². The third kappa shape index (κ3) is 5.95. The summed E-state index contributed by atoms with van der Waals surface area (Å²) in [5.74, 6) is -0.549. The van der Waals surface area contributed by atoms with Crippen LogP contribution in [0.1, 0.15) is 13.3 Å². The monoisotopic (exact) mass is 522 g/mol. The Hall–Kier alpha value is -2.24. The summed E-state index contributed by atoms with van der Waals surface area (Å²) in [5.41, 5.74) is 0. The average molecular weight is 523 g/mol. The molecule has 0 aromatic heterocycles. The van der Waals surface area contributed by atoms with Crippen molar-refractivity contribution < 1.29 is 22.7 Å². The standard InChI is InChI=1S/C24H31ClN4O5S/c1-17(23(30)27(2)9-10-28-11-13-34-14-12-28)29-8-7-22(24(29)31)26-35(32,33)21-6-4-18-15-20(25)5-3-19(18)16-21/h3-6,15-17,22,26H,7-14H2,1-2H3/t17-,22-/m0/s1. The number of hydrogen-bond donors (Lipinski definition) is 1. The molecule has 4 rings (SSSR count). The number of rotatable bonds is 8. The predicted molar refractivity (Wildman–Crippen MR) is 134 cm³/mol. The van der Waals surface area contributed by atoms with Gasteiger partial charge >= 0.3 is 0 Å². The summed E-state index contributed by atoms with van der Waals surface area (Å²) in [6, 6.07) is 8.37. The zero-order valence-corrected chi connectivity index (χ0v) is 21.5. The maximum absolute atomic E-state index is 13.0. The number of fused-ring (bicyclic) bond motifs is 1. The number of carbonyl (C=O) groups excluding carboxylic acids is 2. The molecule has 2 fully saturated rings. The molecule has 190 valence electrons. The third-order valence-corrected chi connectivity index (χ3v) is 8.38. The van der Waals surface area contributed by atoms with Crippen LogP contribution in [0.25, 0.3) is 10.8 Å². The lowest BCUT2D eigenvalue weighted by Crippen LogP contribution is -2.50. The first kappa shape index (κ1) is 25.8. The molecule has 2 atom stereocenters. The molecule has 2 aliphatic heterocycles. The van der Waals surface area contributed by atoms with Gasteiger partial charge in [-0.3, -0.25) is 14.5 Å². The highest BCUT2D eigenvalue weighted by Gasteiger charge is 2.39. The first-order valence-electron chi connectivity index (χ1n) is 11.7. The molecule has 2 aliphatic rings. The minimum Gasteiger partial charge on any atom is -0.379 e. The van der Waals surface area contributed by atoms with Gasteiger partial charge in [0.05, 0.1) is 18.1 Å². The topological polar surface area (TPSA) is 99.3 Å². The molecule has 0 unspecified atom stereocenters. The van der Waals surface area contributed by atoms with Crippen molar-refractivity contribution in [3.63, 3.8) is 0 Å². The van der Waals surface area contributed by atoms with Crippen molar-refractivity contribution in [1.29, 1.82) is 0 Å². The summed E-state index contributed by atoms with van der Waals surface area (Å²) in [6.07, 6.45) is 0.302. The van der Waals surface area contributed by atoms with E-state index in [-0.39, 0.29) is 16.7 Å². The van der Waals surface area contributed by atoms with Crippen LogP contribution in [0.4, 0.5) is 0 Å². The van der Waals surface area contributed by atoms with Crippen LogP contribution in [-0.2, 0) is 24.3 Å². The summed E-state index contributed by atoms with van der Waals surface area (Å²) in [4.78, 5) is 31.4. The van der Waals surface area contributed by atoms with E-state index in [4.69, 9.17) is 16.3 Å². The Morgan fingerprint density at radius 3 is 2.60 bits per heavy atom. The molecular formula is C24H31ClN4O5S. The lowest BCUT2D eigenvalue weighted by atomic mass is 10.1. The highest BCUT2D eigenvalue weighted by Crippen LogP contribution is 2.24. The Bertz CT molecular complexity index is 1200. The number of hydrogen-bond acceptors (Lipinski definition) is 6. The quantitative estimate of drug-likeness (QED) is 0.565. The number of nitrogens with one attached hydrogen (secondary N) is 1. The second kappa shape index (κ2) is 10.8. The SMILES string of the molecule is C[C@@H](C(=O)N(C)CCN1CCOCC1)N1CC[C@H](NS(=O)(=O)c2ccc3cc(Cl)ccc3c2)C1=O. The molecule has 0 spiro atoms. The Morgan fingerprint density at radius 1 is 1.17 bits per heavy atom. The van der Waals surface area contributed by atoms with E-state index in [1.54, 1.807) is 49.2 Å².